The van der Waals surface area contributed by atoms with Crippen molar-refractivity contribution >= 4 is 23.3 Å². The van der Waals surface area contributed by atoms with E-state index in [9.17, 15) is 19.5 Å². The Kier molecular flexibility index (Phi) is 6.42. The molecule has 0 saturated carbocycles. The molecule has 1 atom stereocenters. The van der Waals surface area contributed by atoms with Gasteiger partial charge in [-0.1, -0.05) is 30.3 Å². The summed E-state index contributed by atoms with van der Waals surface area (Å²) in [6.07, 6.45) is -0.151. The Bertz CT molecular complexity index is 742. The van der Waals surface area contributed by atoms with Gasteiger partial charge in [0.05, 0.1) is 0 Å². The first kappa shape index (κ1) is 18.4. The van der Waals surface area contributed by atoms with E-state index in [1.807, 2.05) is 30.3 Å². The number of hydrogen-bond donors (Lipinski definition) is 3. The summed E-state index contributed by atoms with van der Waals surface area (Å²) in [5.41, 5.74) is 1.93. The van der Waals surface area contributed by atoms with Crippen LogP contribution in [0.2, 0.25) is 0 Å². The van der Waals surface area contributed by atoms with Crippen LogP contribution in [0.1, 0.15) is 29.3 Å². The van der Waals surface area contributed by atoms with E-state index >= 15 is 0 Å². The van der Waals surface area contributed by atoms with Crippen LogP contribution >= 0.6 is 0 Å². The maximum Gasteiger partial charge on any atom is 0.321 e. The van der Waals surface area contributed by atoms with Crippen molar-refractivity contribution in [3.05, 3.63) is 65.7 Å². The number of rotatable bonds is 8. The molecule has 2 aromatic rings. The van der Waals surface area contributed by atoms with Gasteiger partial charge >= 0.3 is 5.97 Å². The number of carboxylic acids is 1. The van der Waals surface area contributed by atoms with Gasteiger partial charge in [0, 0.05) is 31.1 Å². The first-order chi connectivity index (χ1) is 12.0. The number of carboxylic acid groups (broad SMARTS) is 1. The monoisotopic (exact) mass is 340 g/mol. The molecule has 25 heavy (non-hydrogen) atoms. The van der Waals surface area contributed by atoms with Crippen LogP contribution in [0, 0.1) is 0 Å². The number of benzene rings is 2. The number of carbonyl (C=O) groups excluding carboxylic acids is 2. The highest BCUT2D eigenvalue weighted by Crippen LogP contribution is 2.12. The molecule has 0 bridgehead atoms. The average Bonchev–Trinajstić information content (AvgIpc) is 2.59. The molecule has 0 saturated heterocycles. The minimum Gasteiger partial charge on any atom is -0.480 e. The molecule has 2 rings (SSSR count). The van der Waals surface area contributed by atoms with Gasteiger partial charge in [-0.3, -0.25) is 19.7 Å². The van der Waals surface area contributed by atoms with E-state index in [1.165, 1.54) is 6.92 Å². The summed E-state index contributed by atoms with van der Waals surface area (Å²) < 4.78 is 0. The van der Waals surface area contributed by atoms with Crippen molar-refractivity contribution in [3.8, 4) is 0 Å². The lowest BCUT2D eigenvalue weighted by atomic mass is 10.0. The van der Waals surface area contributed by atoms with Crippen LogP contribution in [0.25, 0.3) is 0 Å². The molecule has 0 aromatic heterocycles. The van der Waals surface area contributed by atoms with Crippen molar-refractivity contribution in [3.63, 3.8) is 0 Å². The van der Waals surface area contributed by atoms with Crippen molar-refractivity contribution in [1.82, 2.24) is 5.32 Å². The molecule has 0 radical (unpaired) electrons. The molecule has 6 heteroatoms. The van der Waals surface area contributed by atoms with Crippen LogP contribution in [-0.2, 0) is 16.1 Å². The van der Waals surface area contributed by atoms with E-state index in [0.29, 0.717) is 17.8 Å². The van der Waals surface area contributed by atoms with Gasteiger partial charge in [-0.25, -0.2) is 0 Å². The normalized spacial score (nSPS) is 11.6. The molecule has 1 unspecified atom stereocenters. The van der Waals surface area contributed by atoms with Gasteiger partial charge < -0.3 is 10.4 Å². The molecule has 2 aromatic carbocycles. The molecular formula is C19H20N2O4. The fourth-order valence-corrected chi connectivity index (χ4v) is 2.33. The molecule has 1 amide bonds. The van der Waals surface area contributed by atoms with E-state index in [-0.39, 0.29) is 18.1 Å². The standard InChI is InChI=1S/C19H20N2O4/c1-13(22)21-16-9-7-15(8-10-16)18(23)11-17(19(24)25)20-12-14-5-3-2-4-6-14/h2-10,17,20H,11-12H2,1H3,(H,21,22)(H,24,25). The Balaban J connectivity index is 1.97. The highest BCUT2D eigenvalue weighted by atomic mass is 16.4. The van der Waals surface area contributed by atoms with Crippen molar-refractivity contribution in [1.29, 1.82) is 0 Å². The molecule has 6 nitrogen and oxygen atoms in total. The number of Topliss-reactive ketones (excluding diaryl/α,β-unsaturated/α-hetero) is 1. The second-order valence-electron chi connectivity index (χ2n) is 5.64. The van der Waals surface area contributed by atoms with Crippen LogP contribution in [0.4, 0.5) is 5.69 Å². The Morgan fingerprint density at radius 2 is 1.64 bits per heavy atom. The van der Waals surface area contributed by atoms with Crippen LogP contribution in [-0.4, -0.2) is 28.8 Å². The predicted molar refractivity (Wildman–Crippen MR) is 94.4 cm³/mol. The number of aliphatic carboxylic acids is 1. The van der Waals surface area contributed by atoms with Gasteiger partial charge in [0.2, 0.25) is 5.91 Å². The predicted octanol–water partition coefficient (Wildman–Crippen LogP) is 2.46. The highest BCUT2D eigenvalue weighted by Gasteiger charge is 2.21. The zero-order chi connectivity index (χ0) is 18.2. The molecule has 0 aliphatic heterocycles. The smallest absolute Gasteiger partial charge is 0.321 e. The summed E-state index contributed by atoms with van der Waals surface area (Å²) >= 11 is 0. The van der Waals surface area contributed by atoms with Gasteiger partial charge in [0.1, 0.15) is 6.04 Å². The molecular weight excluding hydrogens is 320 g/mol. The first-order valence-corrected chi connectivity index (χ1v) is 7.86. The van der Waals surface area contributed by atoms with Gasteiger partial charge in [0.25, 0.3) is 0 Å². The quantitative estimate of drug-likeness (QED) is 0.642. The lowest BCUT2D eigenvalue weighted by molar-refractivity contribution is -0.139. The summed E-state index contributed by atoms with van der Waals surface area (Å²) in [6, 6.07) is 14.8. The fourth-order valence-electron chi connectivity index (χ4n) is 2.33. The van der Waals surface area contributed by atoms with Crippen molar-refractivity contribution < 1.29 is 19.5 Å². The first-order valence-electron chi connectivity index (χ1n) is 7.86. The van der Waals surface area contributed by atoms with Crippen LogP contribution < -0.4 is 10.6 Å². The number of carbonyl (C=O) groups is 3. The minimum atomic E-state index is -1.07. The third-order valence-corrected chi connectivity index (χ3v) is 3.61. The maximum atomic E-state index is 12.3. The SMILES string of the molecule is CC(=O)Nc1ccc(C(=O)CC(NCc2ccccc2)C(=O)O)cc1. The summed E-state index contributed by atoms with van der Waals surface area (Å²) in [5.74, 6) is -1.54. The third-order valence-electron chi connectivity index (χ3n) is 3.61. The summed E-state index contributed by atoms with van der Waals surface area (Å²) in [5, 5.41) is 14.8. The Morgan fingerprint density at radius 3 is 2.20 bits per heavy atom. The number of ketones is 1. The van der Waals surface area contributed by atoms with Crippen LogP contribution in [0.5, 0.6) is 0 Å². The van der Waals surface area contributed by atoms with Crippen LogP contribution in [0.15, 0.2) is 54.6 Å². The third kappa shape index (κ3) is 5.86. The molecule has 3 N–H and O–H groups in total. The summed E-state index contributed by atoms with van der Waals surface area (Å²) in [7, 11) is 0. The van der Waals surface area contributed by atoms with E-state index in [2.05, 4.69) is 10.6 Å². The molecule has 0 spiro atoms. The Labute approximate surface area is 145 Å². The Morgan fingerprint density at radius 1 is 1.00 bits per heavy atom. The van der Waals surface area contributed by atoms with Gasteiger partial charge in [-0.15, -0.1) is 0 Å². The number of nitrogens with one attached hydrogen (secondary N) is 2. The van der Waals surface area contributed by atoms with E-state index < -0.39 is 12.0 Å². The van der Waals surface area contributed by atoms with E-state index in [0.717, 1.165) is 5.56 Å². The molecule has 0 aliphatic rings. The number of hydrogen-bond acceptors (Lipinski definition) is 4. The van der Waals surface area contributed by atoms with E-state index in [1.54, 1.807) is 24.3 Å². The second-order valence-corrected chi connectivity index (χ2v) is 5.64. The minimum absolute atomic E-state index is 0.151. The van der Waals surface area contributed by atoms with Gasteiger partial charge in [0.15, 0.2) is 5.78 Å². The second kappa shape index (κ2) is 8.75. The average molecular weight is 340 g/mol. The lowest BCUT2D eigenvalue weighted by Crippen LogP contribution is -2.38. The van der Waals surface area contributed by atoms with Gasteiger partial charge in [-0.2, -0.15) is 0 Å². The molecule has 0 heterocycles. The summed E-state index contributed by atoms with van der Waals surface area (Å²) in [4.78, 5) is 34.7. The van der Waals surface area contributed by atoms with Gasteiger partial charge in [-0.05, 0) is 29.8 Å². The number of amides is 1. The summed E-state index contributed by atoms with van der Waals surface area (Å²) in [6.45, 7) is 1.77. The molecule has 0 fully saturated rings. The maximum absolute atomic E-state index is 12.3. The number of anilines is 1. The van der Waals surface area contributed by atoms with E-state index in [4.69, 9.17) is 0 Å². The Hall–Kier alpha value is -2.99. The zero-order valence-corrected chi connectivity index (χ0v) is 13.9. The topological polar surface area (TPSA) is 95.5 Å². The zero-order valence-electron chi connectivity index (χ0n) is 13.9. The molecule has 130 valence electrons. The lowest BCUT2D eigenvalue weighted by Gasteiger charge is -2.14. The van der Waals surface area contributed by atoms with Crippen molar-refractivity contribution in [2.75, 3.05) is 5.32 Å². The van der Waals surface area contributed by atoms with Crippen molar-refractivity contribution in [2.24, 2.45) is 0 Å². The van der Waals surface area contributed by atoms with Crippen LogP contribution in [0.3, 0.4) is 0 Å². The highest BCUT2D eigenvalue weighted by molar-refractivity contribution is 5.99. The van der Waals surface area contributed by atoms with Crippen molar-refractivity contribution in [2.45, 2.75) is 25.9 Å². The molecule has 0 aliphatic carbocycles. The fraction of sp³-hybridized carbons (Fsp3) is 0.211. The largest absolute Gasteiger partial charge is 0.480 e.